The standard InChI is InChI=1S/C67H111N25O12/c1-38(2)35-49(90-58(99)46(25-15-31-79-65(72)73)86-54(95)39(3)83-59(100)51(37-43-21-10-7-11-22-43)91-61(102)50(84-41(5)93)36-42-19-8-6-9-20-42)60(101)88-47(26-16-32-80-66(74)75)57(98)87-45(24-14-30-78-64(70)71)56(97)82-40(4)55(96)89-48(27-17-33-81-67(76)77)63(104)92-34-18-28-52(92)62(103)85-44(53(69)94)23-12-13-29-68/h6-11,19-22,38-40,44-52H,12-18,23-37,68H2,1-5H3,(H2,69,94)(H,82,97)(H,83,100)(H,84,93)(H,85,103)(H,86,95)(H,87,98)(H,88,101)(H,89,96)(H,90,99)(H,91,102)(H4,70,71,78)(H4,72,73,79)(H4,74,75,80)(H4,76,77,81)/t39-,40+,44-,45-,46-,47-,48-,49-,50-,51-,52-/m0/s1. The van der Waals surface area contributed by atoms with Gasteiger partial charge in [0.2, 0.25) is 70.9 Å². The van der Waals surface area contributed by atoms with E-state index in [4.69, 9.17) is 57.3 Å². The van der Waals surface area contributed by atoms with Gasteiger partial charge in [-0.15, -0.1) is 0 Å². The molecule has 1 aliphatic heterocycles. The molecule has 0 bridgehead atoms. The van der Waals surface area contributed by atoms with Crippen LogP contribution in [0.15, 0.2) is 80.6 Å². The van der Waals surface area contributed by atoms with E-state index < -0.39 is 137 Å². The molecular formula is C67H111N25O12. The van der Waals surface area contributed by atoms with E-state index in [0.29, 0.717) is 31.4 Å². The third kappa shape index (κ3) is 33.7. The number of carbonyl (C=O) groups is 12. The number of unbranched alkanes of at least 4 members (excludes halogenated alkanes) is 1. The molecule has 0 unspecified atom stereocenters. The number of likely N-dealkylation sites (tertiary alicyclic amines) is 1. The Bertz CT molecular complexity index is 3270. The molecule has 576 valence electrons. The molecule has 11 atom stereocenters. The fourth-order valence-electron chi connectivity index (χ4n) is 11.1. The van der Waals surface area contributed by atoms with Crippen molar-refractivity contribution in [1.82, 2.24) is 58.1 Å². The van der Waals surface area contributed by atoms with Crippen LogP contribution in [0.2, 0.25) is 0 Å². The van der Waals surface area contributed by atoms with Gasteiger partial charge in [-0.25, -0.2) is 0 Å². The Labute approximate surface area is 606 Å². The van der Waals surface area contributed by atoms with Crippen LogP contribution in [0.4, 0.5) is 0 Å². The zero-order valence-corrected chi connectivity index (χ0v) is 60.2. The summed E-state index contributed by atoms with van der Waals surface area (Å²) in [5.41, 5.74) is 57.3. The van der Waals surface area contributed by atoms with Crippen LogP contribution in [0.3, 0.4) is 0 Å². The fourth-order valence-corrected chi connectivity index (χ4v) is 11.1. The molecule has 104 heavy (non-hydrogen) atoms. The van der Waals surface area contributed by atoms with E-state index in [1.807, 2.05) is 0 Å². The van der Waals surface area contributed by atoms with Crippen molar-refractivity contribution in [3.05, 3.63) is 71.8 Å². The molecule has 0 saturated carbocycles. The zero-order chi connectivity index (χ0) is 77.4. The smallest absolute Gasteiger partial charge is 0.245 e. The second-order valence-corrected chi connectivity index (χ2v) is 25.8. The highest BCUT2D eigenvalue weighted by atomic mass is 16.2. The molecule has 37 heteroatoms. The second-order valence-electron chi connectivity index (χ2n) is 25.8. The van der Waals surface area contributed by atoms with Crippen LogP contribution in [-0.2, 0) is 70.4 Å². The molecule has 2 aromatic rings. The minimum Gasteiger partial charge on any atom is -0.370 e. The minimum atomic E-state index is -1.47. The maximum atomic E-state index is 14.7. The van der Waals surface area contributed by atoms with Gasteiger partial charge in [-0.3, -0.25) is 77.5 Å². The van der Waals surface area contributed by atoms with E-state index in [2.05, 4.69) is 73.1 Å². The minimum absolute atomic E-state index is 0.0107. The maximum Gasteiger partial charge on any atom is 0.245 e. The number of hydrogen-bond donors (Lipinski definition) is 20. The highest BCUT2D eigenvalue weighted by Crippen LogP contribution is 2.21. The Morgan fingerprint density at radius 2 is 0.760 bits per heavy atom. The SMILES string of the molecule is CC(=O)N[C@@H](Cc1ccccc1)C(=O)N[C@@H](Cc1ccccc1)C(=O)N[C@@H](C)C(=O)N[C@@H](CCCN=C(N)N)C(=O)N[C@@H](CC(C)C)C(=O)N[C@@H](CCCN=C(N)N)C(=O)N[C@@H](CCCN=C(N)N)C(=O)N[C@H](C)C(=O)N[C@@H](CCCN=C(N)N)C(=O)N1CCC[C@H]1C(=O)N[C@@H](CCCCN)C(N)=O. The lowest BCUT2D eigenvalue weighted by atomic mass is 10.0. The lowest BCUT2D eigenvalue weighted by Gasteiger charge is -2.30. The van der Waals surface area contributed by atoms with Crippen molar-refractivity contribution in [2.75, 3.05) is 39.3 Å². The predicted molar refractivity (Wildman–Crippen MR) is 393 cm³/mol. The van der Waals surface area contributed by atoms with Gasteiger partial charge in [-0.05, 0) is 127 Å². The summed E-state index contributed by atoms with van der Waals surface area (Å²) in [6, 6.07) is 3.50. The number of carbonyl (C=O) groups excluding carboxylic acids is 12. The molecule has 0 radical (unpaired) electrons. The highest BCUT2D eigenvalue weighted by Gasteiger charge is 2.40. The maximum absolute atomic E-state index is 14.7. The summed E-state index contributed by atoms with van der Waals surface area (Å²) >= 11 is 0. The van der Waals surface area contributed by atoms with Gasteiger partial charge in [0, 0.05) is 52.5 Å². The first kappa shape index (κ1) is 87.3. The molecule has 2 aromatic carbocycles. The van der Waals surface area contributed by atoms with Crippen LogP contribution in [0, 0.1) is 5.92 Å². The number of nitrogens with two attached hydrogens (primary N) is 10. The van der Waals surface area contributed by atoms with Gasteiger partial charge in [0.05, 0.1) is 0 Å². The summed E-state index contributed by atoms with van der Waals surface area (Å²) in [7, 11) is 0. The van der Waals surface area contributed by atoms with Crippen LogP contribution in [-0.4, -0.2) is 205 Å². The van der Waals surface area contributed by atoms with Gasteiger partial charge in [0.1, 0.15) is 66.5 Å². The Hall–Kier alpha value is -10.9. The summed E-state index contributed by atoms with van der Waals surface area (Å²) in [5.74, 6) is -10.5. The van der Waals surface area contributed by atoms with Crippen molar-refractivity contribution in [1.29, 1.82) is 0 Å². The molecule has 1 aliphatic rings. The van der Waals surface area contributed by atoms with E-state index >= 15 is 0 Å². The fraction of sp³-hybridized carbons (Fsp3) is 0.582. The quantitative estimate of drug-likeness (QED) is 0.0167. The van der Waals surface area contributed by atoms with E-state index in [0.717, 1.165) is 5.56 Å². The Morgan fingerprint density at radius 1 is 0.413 bits per heavy atom. The van der Waals surface area contributed by atoms with E-state index in [-0.39, 0.29) is 146 Å². The molecule has 30 N–H and O–H groups in total. The Morgan fingerprint density at radius 3 is 1.16 bits per heavy atom. The number of nitrogens with zero attached hydrogens (tertiary/aromatic N) is 5. The molecule has 0 aromatic heterocycles. The summed E-state index contributed by atoms with van der Waals surface area (Å²) in [4.78, 5) is 185. The highest BCUT2D eigenvalue weighted by molar-refractivity contribution is 5.99. The lowest BCUT2D eigenvalue weighted by Crippen LogP contribution is -2.60. The van der Waals surface area contributed by atoms with Gasteiger partial charge < -0.3 is 115 Å². The number of guanidine groups is 4. The first-order valence-corrected chi connectivity index (χ1v) is 34.9. The molecule has 0 aliphatic carbocycles. The molecule has 0 spiro atoms. The van der Waals surface area contributed by atoms with Crippen LogP contribution in [0.5, 0.6) is 0 Å². The number of primary amides is 1. The normalized spacial score (nSPS) is 15.3. The van der Waals surface area contributed by atoms with Crippen LogP contribution < -0.4 is 111 Å². The van der Waals surface area contributed by atoms with Crippen molar-refractivity contribution in [2.24, 2.45) is 83.2 Å². The summed E-state index contributed by atoms with van der Waals surface area (Å²) in [5, 5.41) is 26.7. The Kier molecular flexibility index (Phi) is 39.1. The van der Waals surface area contributed by atoms with E-state index in [9.17, 15) is 57.5 Å². The Balaban J connectivity index is 1.94. The van der Waals surface area contributed by atoms with Crippen molar-refractivity contribution < 1.29 is 57.5 Å². The number of rotatable bonds is 47. The molecule has 1 fully saturated rings. The van der Waals surface area contributed by atoms with Crippen LogP contribution in [0.1, 0.15) is 136 Å². The second kappa shape index (κ2) is 46.6. The molecule has 37 nitrogen and oxygen atoms in total. The van der Waals surface area contributed by atoms with Crippen molar-refractivity contribution in [2.45, 2.75) is 204 Å². The third-order valence-electron chi connectivity index (χ3n) is 16.5. The summed E-state index contributed by atoms with van der Waals surface area (Å²) in [6.45, 7) is 8.00. The average Bonchev–Trinajstić information content (AvgIpc) is 1.63. The summed E-state index contributed by atoms with van der Waals surface area (Å²) in [6.07, 6.45) is 2.03. The van der Waals surface area contributed by atoms with Crippen molar-refractivity contribution in [3.63, 3.8) is 0 Å². The number of aliphatic imine (C=N–C) groups is 4. The lowest BCUT2D eigenvalue weighted by molar-refractivity contribution is -0.142. The number of amides is 12. The topological polar surface area (TPSA) is 638 Å². The van der Waals surface area contributed by atoms with Gasteiger partial charge in [-0.2, -0.15) is 0 Å². The largest absolute Gasteiger partial charge is 0.370 e. The first-order chi connectivity index (χ1) is 49.3. The summed E-state index contributed by atoms with van der Waals surface area (Å²) < 4.78 is 0. The van der Waals surface area contributed by atoms with E-state index in [1.165, 1.54) is 25.7 Å². The number of nitrogens with one attached hydrogen (secondary N) is 10. The molecule has 1 saturated heterocycles. The predicted octanol–water partition coefficient (Wildman–Crippen LogP) is -5.75. The van der Waals surface area contributed by atoms with Gasteiger partial charge in [-0.1, -0.05) is 74.5 Å². The third-order valence-corrected chi connectivity index (χ3v) is 16.5. The van der Waals surface area contributed by atoms with Gasteiger partial charge in [0.15, 0.2) is 23.8 Å². The molecular weight excluding hydrogens is 1350 g/mol. The zero-order valence-electron chi connectivity index (χ0n) is 60.2. The first-order valence-electron chi connectivity index (χ1n) is 34.9. The molecule has 1 heterocycles. The van der Waals surface area contributed by atoms with Crippen LogP contribution >= 0.6 is 0 Å². The molecule has 12 amide bonds. The van der Waals surface area contributed by atoms with Crippen molar-refractivity contribution >= 4 is 94.7 Å². The van der Waals surface area contributed by atoms with Crippen molar-refractivity contribution in [3.8, 4) is 0 Å². The monoisotopic (exact) mass is 1460 g/mol. The van der Waals surface area contributed by atoms with Gasteiger partial charge >= 0.3 is 0 Å². The number of benzene rings is 2. The number of hydrogen-bond acceptors (Lipinski definition) is 17. The van der Waals surface area contributed by atoms with E-state index in [1.54, 1.807) is 74.5 Å². The van der Waals surface area contributed by atoms with Crippen LogP contribution in [0.25, 0.3) is 0 Å². The average molecular weight is 1460 g/mol. The molecule has 3 rings (SSSR count). The van der Waals surface area contributed by atoms with Gasteiger partial charge in [0.25, 0.3) is 0 Å².